The Morgan fingerprint density at radius 3 is 2.68 bits per heavy atom. The Morgan fingerprint density at radius 2 is 2.05 bits per heavy atom. The fourth-order valence-corrected chi connectivity index (χ4v) is 3.16. The zero-order valence-corrected chi connectivity index (χ0v) is 11.2. The van der Waals surface area contributed by atoms with Gasteiger partial charge in [-0.15, -0.1) is 0 Å². The first-order chi connectivity index (χ1) is 9.17. The number of hydrogen-bond acceptors (Lipinski definition) is 3. The second kappa shape index (κ2) is 5.10. The van der Waals surface area contributed by atoms with E-state index in [0.717, 1.165) is 24.2 Å². The molecule has 0 unspecified atom stereocenters. The fraction of sp³-hybridized carbons (Fsp3) is 0.600. The van der Waals surface area contributed by atoms with Crippen LogP contribution in [0.15, 0.2) is 12.1 Å². The lowest BCUT2D eigenvalue weighted by Gasteiger charge is -2.18. The quantitative estimate of drug-likeness (QED) is 0.903. The molecule has 3 nitrogen and oxygen atoms in total. The van der Waals surface area contributed by atoms with Crippen LogP contribution in [0.1, 0.15) is 23.1 Å². The third-order valence-electron chi connectivity index (χ3n) is 4.18. The van der Waals surface area contributed by atoms with Gasteiger partial charge in [-0.05, 0) is 36.5 Å². The molecule has 0 saturated carbocycles. The van der Waals surface area contributed by atoms with E-state index >= 15 is 0 Å². The summed E-state index contributed by atoms with van der Waals surface area (Å²) in [7, 11) is 1.68. The van der Waals surface area contributed by atoms with Crippen molar-refractivity contribution in [1.82, 2.24) is 4.90 Å². The van der Waals surface area contributed by atoms with Crippen LogP contribution in [0.4, 0.5) is 4.39 Å². The van der Waals surface area contributed by atoms with Crippen LogP contribution >= 0.6 is 0 Å². The topological polar surface area (TPSA) is 32.7 Å². The Morgan fingerprint density at radius 1 is 1.32 bits per heavy atom. The monoisotopic (exact) mass is 265 g/mol. The van der Waals surface area contributed by atoms with Gasteiger partial charge in [-0.3, -0.25) is 4.90 Å². The second-order valence-electron chi connectivity index (χ2n) is 5.56. The van der Waals surface area contributed by atoms with E-state index in [9.17, 15) is 9.50 Å². The number of aliphatic hydroxyl groups excluding tert-OH is 1. The number of benzene rings is 1. The number of halogens is 1. The molecule has 1 N–H and O–H groups in total. The lowest BCUT2D eigenvalue weighted by molar-refractivity contribution is 0.115. The SMILES string of the molecule is COc1cc2c(cc1CN1C[C@@H](O)[C@H](F)C1)CCC2. The molecule has 0 spiro atoms. The number of methoxy groups -OCH3 is 1. The zero-order valence-electron chi connectivity index (χ0n) is 11.2. The van der Waals surface area contributed by atoms with Gasteiger partial charge in [0.25, 0.3) is 0 Å². The molecule has 19 heavy (non-hydrogen) atoms. The number of nitrogens with zero attached hydrogens (tertiary/aromatic N) is 1. The number of aliphatic hydroxyl groups is 1. The summed E-state index contributed by atoms with van der Waals surface area (Å²) in [5, 5.41) is 9.48. The fourth-order valence-electron chi connectivity index (χ4n) is 3.16. The molecule has 2 aliphatic rings. The largest absolute Gasteiger partial charge is 0.496 e. The highest BCUT2D eigenvalue weighted by Crippen LogP contribution is 2.31. The zero-order chi connectivity index (χ0) is 13.4. The van der Waals surface area contributed by atoms with Crippen molar-refractivity contribution in [2.45, 2.75) is 38.1 Å². The highest BCUT2D eigenvalue weighted by atomic mass is 19.1. The number of β-amino-alcohol motifs (C(OH)–C–C–N with tert-alkyl or cyclic N) is 1. The molecule has 4 heteroatoms. The van der Waals surface area contributed by atoms with Gasteiger partial charge in [-0.1, -0.05) is 6.07 Å². The van der Waals surface area contributed by atoms with Crippen LogP contribution in [0.25, 0.3) is 0 Å². The molecule has 2 atom stereocenters. The van der Waals surface area contributed by atoms with Gasteiger partial charge >= 0.3 is 0 Å². The van der Waals surface area contributed by atoms with Crippen molar-refractivity contribution in [3.63, 3.8) is 0 Å². The van der Waals surface area contributed by atoms with E-state index in [0.29, 0.717) is 19.6 Å². The maximum absolute atomic E-state index is 13.3. The van der Waals surface area contributed by atoms with Gasteiger partial charge in [0.05, 0.1) is 13.2 Å². The minimum Gasteiger partial charge on any atom is -0.496 e. The summed E-state index contributed by atoms with van der Waals surface area (Å²) in [6.45, 7) is 1.36. The van der Waals surface area contributed by atoms with Crippen LogP contribution in [0, 0.1) is 0 Å². The molecule has 0 radical (unpaired) electrons. The Kier molecular flexibility index (Phi) is 3.46. The number of ether oxygens (including phenoxy) is 1. The van der Waals surface area contributed by atoms with E-state index in [1.165, 1.54) is 17.5 Å². The predicted molar refractivity (Wildman–Crippen MR) is 71.2 cm³/mol. The number of alkyl halides is 1. The van der Waals surface area contributed by atoms with Crippen molar-refractivity contribution in [1.29, 1.82) is 0 Å². The van der Waals surface area contributed by atoms with E-state index in [1.54, 1.807) is 7.11 Å². The van der Waals surface area contributed by atoms with E-state index < -0.39 is 12.3 Å². The average molecular weight is 265 g/mol. The number of likely N-dealkylation sites (tertiary alicyclic amines) is 1. The van der Waals surface area contributed by atoms with Gasteiger partial charge in [0, 0.05) is 25.2 Å². The molecular weight excluding hydrogens is 245 g/mol. The standard InChI is InChI=1S/C15H20FNO2/c1-19-15-6-11-4-2-3-10(11)5-12(15)7-17-8-13(16)14(18)9-17/h5-6,13-14,18H,2-4,7-9H2,1H3/t13-,14-/m1/s1. The lowest BCUT2D eigenvalue weighted by Crippen LogP contribution is -2.21. The smallest absolute Gasteiger partial charge is 0.140 e. The molecule has 0 amide bonds. The Labute approximate surface area is 113 Å². The van der Waals surface area contributed by atoms with E-state index in [1.807, 2.05) is 4.90 Å². The van der Waals surface area contributed by atoms with Crippen molar-refractivity contribution in [2.24, 2.45) is 0 Å². The molecular formula is C15H20FNO2. The van der Waals surface area contributed by atoms with Crippen molar-refractivity contribution >= 4 is 0 Å². The first-order valence-corrected chi connectivity index (χ1v) is 6.90. The van der Waals surface area contributed by atoms with Gasteiger partial charge in [0.2, 0.25) is 0 Å². The van der Waals surface area contributed by atoms with Gasteiger partial charge in [0.1, 0.15) is 11.9 Å². The molecule has 1 fully saturated rings. The number of fused-ring (bicyclic) bond motifs is 1. The third-order valence-corrected chi connectivity index (χ3v) is 4.18. The minimum atomic E-state index is -1.12. The van der Waals surface area contributed by atoms with Gasteiger partial charge in [0.15, 0.2) is 0 Å². The maximum Gasteiger partial charge on any atom is 0.140 e. The maximum atomic E-state index is 13.3. The molecule has 104 valence electrons. The van der Waals surface area contributed by atoms with Crippen molar-refractivity contribution in [3.05, 3.63) is 28.8 Å². The summed E-state index contributed by atoms with van der Waals surface area (Å²) in [6.07, 6.45) is 1.49. The summed E-state index contributed by atoms with van der Waals surface area (Å²) >= 11 is 0. The molecule has 0 bridgehead atoms. The molecule has 1 heterocycles. The predicted octanol–water partition coefficient (Wildman–Crippen LogP) is 1.70. The van der Waals surface area contributed by atoms with Crippen LogP contribution in [-0.4, -0.2) is 42.5 Å². The van der Waals surface area contributed by atoms with Crippen molar-refractivity contribution < 1.29 is 14.2 Å². The molecule has 1 aromatic carbocycles. The van der Waals surface area contributed by atoms with Gasteiger partial charge < -0.3 is 9.84 Å². The highest BCUT2D eigenvalue weighted by Gasteiger charge is 2.31. The Bertz CT molecular complexity index is 467. The minimum absolute atomic E-state index is 0.307. The van der Waals surface area contributed by atoms with Crippen LogP contribution < -0.4 is 4.74 Å². The highest BCUT2D eigenvalue weighted by molar-refractivity contribution is 5.44. The summed E-state index contributed by atoms with van der Waals surface area (Å²) in [4.78, 5) is 1.95. The molecule has 1 aliphatic carbocycles. The average Bonchev–Trinajstić information content (AvgIpc) is 2.95. The third kappa shape index (κ3) is 2.47. The number of hydrogen-bond donors (Lipinski definition) is 1. The Hall–Kier alpha value is -1.13. The summed E-state index contributed by atoms with van der Waals surface area (Å²) in [5.41, 5.74) is 3.88. The molecule has 1 saturated heterocycles. The second-order valence-corrected chi connectivity index (χ2v) is 5.56. The summed E-state index contributed by atoms with van der Waals surface area (Å²) in [5.74, 6) is 0.887. The molecule has 1 aliphatic heterocycles. The van der Waals surface area contributed by atoms with Gasteiger partial charge in [-0.2, -0.15) is 0 Å². The van der Waals surface area contributed by atoms with Crippen LogP contribution in [0.2, 0.25) is 0 Å². The molecule has 0 aromatic heterocycles. The van der Waals surface area contributed by atoms with Crippen molar-refractivity contribution in [2.75, 3.05) is 20.2 Å². The normalized spacial score (nSPS) is 26.7. The molecule has 3 rings (SSSR count). The van der Waals surface area contributed by atoms with Gasteiger partial charge in [-0.25, -0.2) is 4.39 Å². The van der Waals surface area contributed by atoms with E-state index in [2.05, 4.69) is 12.1 Å². The first-order valence-electron chi connectivity index (χ1n) is 6.90. The summed E-state index contributed by atoms with van der Waals surface area (Å²) < 4.78 is 18.8. The number of rotatable bonds is 3. The first kappa shape index (κ1) is 12.9. The number of aryl methyl sites for hydroxylation is 2. The summed E-state index contributed by atoms with van der Waals surface area (Å²) in [6, 6.07) is 4.32. The Balaban J connectivity index is 1.80. The van der Waals surface area contributed by atoms with Crippen LogP contribution in [0.3, 0.4) is 0 Å². The van der Waals surface area contributed by atoms with Crippen LogP contribution in [-0.2, 0) is 19.4 Å². The van der Waals surface area contributed by atoms with Crippen LogP contribution in [0.5, 0.6) is 5.75 Å². The lowest BCUT2D eigenvalue weighted by atomic mass is 10.0. The van der Waals surface area contributed by atoms with E-state index in [4.69, 9.17) is 4.74 Å². The van der Waals surface area contributed by atoms with Crippen molar-refractivity contribution in [3.8, 4) is 5.75 Å². The molecule has 1 aromatic rings. The van der Waals surface area contributed by atoms with E-state index in [-0.39, 0.29) is 0 Å².